The van der Waals surface area contributed by atoms with Gasteiger partial charge >= 0.3 is 5.69 Å². The first-order valence-corrected chi connectivity index (χ1v) is 8.72. The lowest BCUT2D eigenvalue weighted by molar-refractivity contribution is 0.0951. The van der Waals surface area contributed by atoms with Crippen molar-refractivity contribution in [1.82, 2.24) is 14.5 Å². The van der Waals surface area contributed by atoms with Crippen LogP contribution in [0.5, 0.6) is 5.75 Å². The summed E-state index contributed by atoms with van der Waals surface area (Å²) < 4.78 is 7.39. The lowest BCUT2D eigenvalue weighted by atomic mass is 10.1. The normalized spacial score (nSPS) is 10.8. The fourth-order valence-corrected chi connectivity index (χ4v) is 2.98. The molecule has 28 heavy (non-hydrogen) atoms. The molecule has 2 aromatic carbocycles. The fraction of sp³-hybridized carbons (Fsp3) is 0.250. The van der Waals surface area contributed by atoms with E-state index in [-0.39, 0.29) is 24.4 Å². The molecule has 2 N–H and O–H groups in total. The van der Waals surface area contributed by atoms with Crippen LogP contribution in [0.3, 0.4) is 0 Å². The first kappa shape index (κ1) is 19.4. The number of aryl methyl sites for hydroxylation is 1. The van der Waals surface area contributed by atoms with Crippen LogP contribution < -0.4 is 21.3 Å². The van der Waals surface area contributed by atoms with E-state index in [1.807, 2.05) is 24.3 Å². The molecule has 0 atom stereocenters. The van der Waals surface area contributed by atoms with E-state index in [1.165, 1.54) is 10.6 Å². The predicted molar refractivity (Wildman–Crippen MR) is 105 cm³/mol. The molecule has 1 aromatic heterocycles. The van der Waals surface area contributed by atoms with Crippen LogP contribution in [0.2, 0.25) is 0 Å². The number of hydrogen-bond acceptors (Lipinski definition) is 5. The Morgan fingerprint density at radius 2 is 1.86 bits per heavy atom. The highest BCUT2D eigenvalue weighted by atomic mass is 16.5. The number of aliphatic hydroxyl groups is 1. The highest BCUT2D eigenvalue weighted by Gasteiger charge is 2.13. The van der Waals surface area contributed by atoms with Gasteiger partial charge in [0, 0.05) is 19.2 Å². The molecule has 0 saturated heterocycles. The Labute approximate surface area is 160 Å². The van der Waals surface area contributed by atoms with E-state index in [1.54, 1.807) is 26.3 Å². The molecule has 8 heteroatoms. The minimum absolute atomic E-state index is 0.102. The van der Waals surface area contributed by atoms with Crippen LogP contribution in [0.1, 0.15) is 15.9 Å². The maximum atomic E-state index is 12.6. The third-order valence-electron chi connectivity index (χ3n) is 4.55. The van der Waals surface area contributed by atoms with Gasteiger partial charge in [0.2, 0.25) is 0 Å². The van der Waals surface area contributed by atoms with Crippen molar-refractivity contribution < 1.29 is 14.6 Å². The molecule has 0 aliphatic heterocycles. The summed E-state index contributed by atoms with van der Waals surface area (Å²) in [6, 6.07) is 11.9. The minimum Gasteiger partial charge on any atom is -0.497 e. The van der Waals surface area contributed by atoms with Crippen molar-refractivity contribution in [3.63, 3.8) is 0 Å². The monoisotopic (exact) mass is 383 g/mol. The van der Waals surface area contributed by atoms with Gasteiger partial charge in [-0.3, -0.25) is 18.7 Å². The zero-order valence-electron chi connectivity index (χ0n) is 15.6. The number of nitrogens with zero attached hydrogens (tertiary/aromatic N) is 2. The number of hydrogen-bond donors (Lipinski definition) is 2. The topological polar surface area (TPSA) is 103 Å². The van der Waals surface area contributed by atoms with Crippen molar-refractivity contribution in [3.05, 3.63) is 74.4 Å². The summed E-state index contributed by atoms with van der Waals surface area (Å²) in [5.74, 6) is 0.397. The molecule has 0 aliphatic carbocycles. The Morgan fingerprint density at radius 1 is 1.14 bits per heavy atom. The quantitative estimate of drug-likeness (QED) is 0.650. The van der Waals surface area contributed by atoms with Gasteiger partial charge in [-0.25, -0.2) is 4.79 Å². The maximum absolute atomic E-state index is 12.6. The summed E-state index contributed by atoms with van der Waals surface area (Å²) >= 11 is 0. The maximum Gasteiger partial charge on any atom is 0.331 e. The van der Waals surface area contributed by atoms with Crippen LogP contribution >= 0.6 is 0 Å². The number of aliphatic hydroxyl groups excluding tert-OH is 1. The lowest BCUT2D eigenvalue weighted by Gasteiger charge is -2.11. The second-order valence-electron chi connectivity index (χ2n) is 6.28. The summed E-state index contributed by atoms with van der Waals surface area (Å²) in [6.45, 7) is -0.110. The Hall–Kier alpha value is -3.39. The number of nitrogens with one attached hydrogen (secondary N) is 1. The number of ether oxygens (including phenoxy) is 1. The molecule has 0 aliphatic rings. The van der Waals surface area contributed by atoms with E-state index >= 15 is 0 Å². The van der Waals surface area contributed by atoms with Crippen LogP contribution in [-0.4, -0.2) is 33.9 Å². The van der Waals surface area contributed by atoms with E-state index in [2.05, 4.69) is 5.32 Å². The first-order chi connectivity index (χ1) is 13.5. The number of carbonyl (C=O) groups excluding carboxylic acids is 1. The van der Waals surface area contributed by atoms with E-state index < -0.39 is 11.2 Å². The van der Waals surface area contributed by atoms with Crippen molar-refractivity contribution in [2.24, 2.45) is 7.05 Å². The van der Waals surface area contributed by atoms with Crippen LogP contribution in [0, 0.1) is 0 Å². The molecule has 1 amide bonds. The smallest absolute Gasteiger partial charge is 0.331 e. The van der Waals surface area contributed by atoms with Gasteiger partial charge in [-0.2, -0.15) is 0 Å². The van der Waals surface area contributed by atoms with Gasteiger partial charge in [0.25, 0.3) is 11.5 Å². The van der Waals surface area contributed by atoms with E-state index in [4.69, 9.17) is 9.84 Å². The van der Waals surface area contributed by atoms with Gasteiger partial charge < -0.3 is 15.2 Å². The summed E-state index contributed by atoms with van der Waals surface area (Å²) in [5.41, 5.74) is 0.603. The van der Waals surface area contributed by atoms with Gasteiger partial charge in [-0.05, 0) is 35.9 Å². The number of fused-ring (bicyclic) bond motifs is 1. The lowest BCUT2D eigenvalue weighted by Crippen LogP contribution is -2.40. The standard InChI is InChI=1S/C20H21N3O5/c1-22-17-8-5-14(11-16(17)19(26)23(9-10-24)20(22)27)18(25)21-12-13-3-6-15(28-2)7-4-13/h3-8,11,24H,9-10,12H2,1-2H3,(H,21,25). The molecule has 3 aromatic rings. The second kappa shape index (κ2) is 8.10. The largest absolute Gasteiger partial charge is 0.497 e. The average Bonchev–Trinajstić information content (AvgIpc) is 2.73. The zero-order chi connectivity index (χ0) is 20.3. The number of carbonyl (C=O) groups is 1. The predicted octanol–water partition coefficient (Wildman–Crippen LogP) is 0.631. The molecular weight excluding hydrogens is 362 g/mol. The Morgan fingerprint density at radius 3 is 2.50 bits per heavy atom. The van der Waals surface area contributed by atoms with Gasteiger partial charge in [-0.1, -0.05) is 12.1 Å². The number of amides is 1. The Bertz CT molecular complexity index is 1130. The van der Waals surface area contributed by atoms with Crippen LogP contribution in [-0.2, 0) is 20.1 Å². The van der Waals surface area contributed by atoms with Gasteiger partial charge in [-0.15, -0.1) is 0 Å². The molecule has 0 unspecified atom stereocenters. The van der Waals surface area contributed by atoms with Crippen molar-refractivity contribution in [3.8, 4) is 5.75 Å². The summed E-state index contributed by atoms with van der Waals surface area (Å²) in [5, 5.41) is 12.2. The van der Waals surface area contributed by atoms with Gasteiger partial charge in [0.1, 0.15) is 5.75 Å². The summed E-state index contributed by atoms with van der Waals surface area (Å²) in [7, 11) is 3.13. The van der Waals surface area contributed by atoms with Crippen LogP contribution in [0.4, 0.5) is 0 Å². The SMILES string of the molecule is COc1ccc(CNC(=O)c2ccc3c(c2)c(=O)n(CCO)c(=O)n3C)cc1. The van der Waals surface area contributed by atoms with Gasteiger partial charge in [0.15, 0.2) is 0 Å². The highest BCUT2D eigenvalue weighted by molar-refractivity contribution is 5.97. The van der Waals surface area contributed by atoms with E-state index in [9.17, 15) is 14.4 Å². The summed E-state index contributed by atoms with van der Waals surface area (Å²) in [6.07, 6.45) is 0. The molecule has 8 nitrogen and oxygen atoms in total. The third-order valence-corrected chi connectivity index (χ3v) is 4.55. The third kappa shape index (κ3) is 3.67. The molecule has 3 rings (SSSR count). The number of rotatable bonds is 6. The van der Waals surface area contributed by atoms with Crippen LogP contribution in [0.25, 0.3) is 10.9 Å². The number of methoxy groups -OCH3 is 1. The molecule has 1 heterocycles. The Kier molecular flexibility index (Phi) is 5.60. The zero-order valence-corrected chi connectivity index (χ0v) is 15.6. The van der Waals surface area contributed by atoms with E-state index in [0.29, 0.717) is 17.6 Å². The number of benzene rings is 2. The average molecular weight is 383 g/mol. The molecule has 0 bridgehead atoms. The van der Waals surface area contributed by atoms with Crippen molar-refractivity contribution in [2.75, 3.05) is 13.7 Å². The molecule has 0 saturated carbocycles. The van der Waals surface area contributed by atoms with Crippen LogP contribution in [0.15, 0.2) is 52.1 Å². The molecule has 0 fully saturated rings. The van der Waals surface area contributed by atoms with Gasteiger partial charge in [0.05, 0.1) is 31.2 Å². The van der Waals surface area contributed by atoms with Crippen molar-refractivity contribution >= 4 is 16.8 Å². The Balaban J connectivity index is 1.89. The number of aromatic nitrogens is 2. The van der Waals surface area contributed by atoms with E-state index in [0.717, 1.165) is 15.9 Å². The molecular formula is C20H21N3O5. The summed E-state index contributed by atoms with van der Waals surface area (Å²) in [4.78, 5) is 37.4. The minimum atomic E-state index is -0.531. The highest BCUT2D eigenvalue weighted by Crippen LogP contribution is 2.13. The molecule has 146 valence electrons. The molecule has 0 radical (unpaired) electrons. The van der Waals surface area contributed by atoms with Crippen molar-refractivity contribution in [1.29, 1.82) is 0 Å². The van der Waals surface area contributed by atoms with Crippen molar-refractivity contribution in [2.45, 2.75) is 13.1 Å². The second-order valence-corrected chi connectivity index (χ2v) is 6.28. The fourth-order valence-electron chi connectivity index (χ4n) is 2.98. The molecule has 0 spiro atoms. The first-order valence-electron chi connectivity index (χ1n) is 8.72.